The van der Waals surface area contributed by atoms with E-state index in [4.69, 9.17) is 4.74 Å². The lowest BCUT2D eigenvalue weighted by molar-refractivity contribution is -0.120. The maximum absolute atomic E-state index is 13.6. The molecule has 1 heterocycles. The summed E-state index contributed by atoms with van der Waals surface area (Å²) in [6, 6.07) is 21.9. The van der Waals surface area contributed by atoms with Gasteiger partial charge in [0.2, 0.25) is 0 Å². The van der Waals surface area contributed by atoms with Crippen LogP contribution in [0.3, 0.4) is 0 Å². The number of amides is 2. The molecule has 0 aliphatic carbocycles. The van der Waals surface area contributed by atoms with Gasteiger partial charge in [-0.2, -0.15) is 0 Å². The van der Waals surface area contributed by atoms with Crippen molar-refractivity contribution in [1.29, 1.82) is 0 Å². The summed E-state index contributed by atoms with van der Waals surface area (Å²) in [6.45, 7) is 6.46. The fraction of sp³-hybridized carbons (Fsp3) is 0.233. The maximum atomic E-state index is 13.6. The number of ether oxygens (including phenoxy) is 1. The molecule has 0 spiro atoms. The first kappa shape index (κ1) is 26.2. The number of nitrogens with one attached hydrogen (secondary N) is 1. The van der Waals surface area contributed by atoms with Crippen LogP contribution < -0.4 is 10.2 Å². The van der Waals surface area contributed by atoms with E-state index in [1.165, 1.54) is 17.3 Å². The van der Waals surface area contributed by atoms with E-state index >= 15 is 0 Å². The molecule has 3 aromatic rings. The summed E-state index contributed by atoms with van der Waals surface area (Å²) in [6.07, 6.45) is 2.63. The Hall–Kier alpha value is -3.84. The van der Waals surface area contributed by atoms with Crippen molar-refractivity contribution in [3.05, 3.63) is 100 Å². The number of aryl methyl sites for hydroxylation is 2. The van der Waals surface area contributed by atoms with E-state index in [1.807, 2.05) is 62.4 Å². The molecule has 37 heavy (non-hydrogen) atoms. The first-order valence-corrected chi connectivity index (χ1v) is 13.2. The lowest BCUT2D eigenvalue weighted by Gasteiger charge is -2.16. The molecule has 0 fully saturated rings. The van der Waals surface area contributed by atoms with E-state index < -0.39 is 17.8 Å². The van der Waals surface area contributed by atoms with Gasteiger partial charge in [0.05, 0.1) is 17.9 Å². The molecule has 0 bridgehead atoms. The Morgan fingerprint density at radius 3 is 2.19 bits per heavy atom. The van der Waals surface area contributed by atoms with Crippen LogP contribution in [-0.4, -0.2) is 24.4 Å². The zero-order valence-electron chi connectivity index (χ0n) is 21.2. The Balaban J connectivity index is 1.62. The van der Waals surface area contributed by atoms with Gasteiger partial charge in [0.1, 0.15) is 10.6 Å². The topological polar surface area (TPSA) is 75.7 Å². The number of carbonyl (C=O) groups excluding carboxylic acids is 3. The lowest BCUT2D eigenvalue weighted by atomic mass is 10.1. The summed E-state index contributed by atoms with van der Waals surface area (Å²) < 4.78 is 5.26. The molecule has 1 N–H and O–H groups in total. The van der Waals surface area contributed by atoms with Crippen LogP contribution in [0.5, 0.6) is 0 Å². The van der Waals surface area contributed by atoms with Gasteiger partial charge in [-0.15, -0.1) is 0 Å². The third-order valence-corrected chi connectivity index (χ3v) is 7.10. The molecule has 4 rings (SSSR count). The number of thioether (sulfide) groups is 1. The number of nitrogens with zero attached hydrogens (tertiary/aromatic N) is 1. The van der Waals surface area contributed by atoms with Crippen molar-refractivity contribution in [1.82, 2.24) is 0 Å². The van der Waals surface area contributed by atoms with Gasteiger partial charge in [-0.1, -0.05) is 61.9 Å². The first-order chi connectivity index (χ1) is 17.9. The predicted octanol–water partition coefficient (Wildman–Crippen LogP) is 6.50. The molecule has 0 radical (unpaired) electrons. The number of imide groups is 1. The van der Waals surface area contributed by atoms with Gasteiger partial charge in [-0.3, -0.25) is 9.59 Å². The number of anilines is 2. The second-order valence-electron chi connectivity index (χ2n) is 8.78. The first-order valence-electron chi connectivity index (χ1n) is 12.4. The van der Waals surface area contributed by atoms with Gasteiger partial charge in [0, 0.05) is 10.6 Å². The standard InChI is InChI=1S/C30H30N2O4S/c1-4-6-19-36-30(35)22-11-15-24(16-12-22)32-28(33)26(31-23-13-9-21(5-2)10-14-23)27(29(32)34)37-25-17-7-20(3)8-18-25/h7-18,31H,4-6,19H2,1-3H3. The van der Waals surface area contributed by atoms with Crippen LogP contribution in [-0.2, 0) is 20.7 Å². The van der Waals surface area contributed by atoms with E-state index in [1.54, 1.807) is 24.3 Å². The Kier molecular flexibility index (Phi) is 8.46. The molecule has 0 aromatic heterocycles. The SMILES string of the molecule is CCCCOC(=O)c1ccc(N2C(=O)C(Nc3ccc(CC)cc3)=C(Sc3ccc(C)cc3)C2=O)cc1. The molecular formula is C30H30N2O4S. The Labute approximate surface area is 221 Å². The Bertz CT molecular complexity index is 1310. The summed E-state index contributed by atoms with van der Waals surface area (Å²) in [4.78, 5) is 41.7. The van der Waals surface area contributed by atoms with E-state index in [2.05, 4.69) is 12.2 Å². The van der Waals surface area contributed by atoms with Crippen LogP contribution in [0.25, 0.3) is 0 Å². The summed E-state index contributed by atoms with van der Waals surface area (Å²) in [7, 11) is 0. The number of esters is 1. The van der Waals surface area contributed by atoms with Crippen molar-refractivity contribution in [2.45, 2.75) is 44.9 Å². The summed E-state index contributed by atoms with van der Waals surface area (Å²) >= 11 is 1.26. The number of rotatable bonds is 10. The van der Waals surface area contributed by atoms with Gasteiger partial charge in [-0.05, 0) is 73.9 Å². The van der Waals surface area contributed by atoms with Crippen molar-refractivity contribution in [3.8, 4) is 0 Å². The number of unbranched alkanes of at least 4 members (excludes halogenated alkanes) is 1. The smallest absolute Gasteiger partial charge is 0.338 e. The number of carbonyl (C=O) groups is 3. The van der Waals surface area contributed by atoms with Crippen LogP contribution in [0.2, 0.25) is 0 Å². The van der Waals surface area contributed by atoms with E-state index in [-0.39, 0.29) is 5.70 Å². The average molecular weight is 515 g/mol. The van der Waals surface area contributed by atoms with Gasteiger partial charge in [-0.25, -0.2) is 9.69 Å². The van der Waals surface area contributed by atoms with Crippen LogP contribution >= 0.6 is 11.8 Å². The van der Waals surface area contributed by atoms with Crippen LogP contribution in [0.1, 0.15) is 48.2 Å². The van der Waals surface area contributed by atoms with Gasteiger partial charge in [0.25, 0.3) is 11.8 Å². The van der Waals surface area contributed by atoms with Crippen molar-refractivity contribution in [3.63, 3.8) is 0 Å². The molecule has 1 aliphatic heterocycles. The molecule has 1 aliphatic rings. The van der Waals surface area contributed by atoms with Gasteiger partial charge in [0.15, 0.2) is 0 Å². The summed E-state index contributed by atoms with van der Waals surface area (Å²) in [5.41, 5.74) is 4.00. The minimum absolute atomic E-state index is 0.225. The van der Waals surface area contributed by atoms with Crippen molar-refractivity contribution < 1.29 is 19.1 Å². The Morgan fingerprint density at radius 1 is 0.892 bits per heavy atom. The van der Waals surface area contributed by atoms with E-state index in [0.717, 1.165) is 40.3 Å². The van der Waals surface area contributed by atoms with Crippen LogP contribution in [0.4, 0.5) is 11.4 Å². The molecule has 0 atom stereocenters. The largest absolute Gasteiger partial charge is 0.462 e. The number of hydrogen-bond donors (Lipinski definition) is 1. The van der Waals surface area contributed by atoms with Crippen molar-refractivity contribution >= 4 is 40.9 Å². The normalized spacial score (nSPS) is 13.3. The molecule has 7 heteroatoms. The summed E-state index contributed by atoms with van der Waals surface area (Å²) in [5, 5.41) is 3.18. The van der Waals surface area contributed by atoms with Gasteiger partial charge >= 0.3 is 5.97 Å². The second-order valence-corrected chi connectivity index (χ2v) is 9.86. The molecule has 190 valence electrons. The second kappa shape index (κ2) is 11.9. The fourth-order valence-corrected chi connectivity index (χ4v) is 4.71. The quantitative estimate of drug-likeness (QED) is 0.189. The third kappa shape index (κ3) is 6.12. The highest BCUT2D eigenvalue weighted by atomic mass is 32.2. The van der Waals surface area contributed by atoms with Crippen LogP contribution in [0.15, 0.2) is 88.3 Å². The van der Waals surface area contributed by atoms with Crippen molar-refractivity contribution in [2.75, 3.05) is 16.8 Å². The van der Waals surface area contributed by atoms with Crippen molar-refractivity contribution in [2.24, 2.45) is 0 Å². The highest BCUT2D eigenvalue weighted by Gasteiger charge is 2.40. The maximum Gasteiger partial charge on any atom is 0.338 e. The highest BCUT2D eigenvalue weighted by Crippen LogP contribution is 2.38. The van der Waals surface area contributed by atoms with E-state index in [0.29, 0.717) is 22.8 Å². The molecule has 6 nitrogen and oxygen atoms in total. The monoisotopic (exact) mass is 514 g/mol. The minimum Gasteiger partial charge on any atom is -0.462 e. The molecule has 2 amide bonds. The van der Waals surface area contributed by atoms with Crippen LogP contribution in [0, 0.1) is 6.92 Å². The lowest BCUT2D eigenvalue weighted by Crippen LogP contribution is -2.32. The summed E-state index contributed by atoms with van der Waals surface area (Å²) in [5.74, 6) is -1.29. The highest BCUT2D eigenvalue weighted by molar-refractivity contribution is 8.04. The third-order valence-electron chi connectivity index (χ3n) is 6.01. The zero-order chi connectivity index (χ0) is 26.4. The fourth-order valence-electron chi connectivity index (χ4n) is 3.78. The molecule has 0 saturated carbocycles. The van der Waals surface area contributed by atoms with Gasteiger partial charge < -0.3 is 10.1 Å². The molecular weight excluding hydrogens is 484 g/mol. The molecule has 0 saturated heterocycles. The number of hydrogen-bond acceptors (Lipinski definition) is 6. The average Bonchev–Trinajstić information content (AvgIpc) is 3.14. The predicted molar refractivity (Wildman–Crippen MR) is 148 cm³/mol. The molecule has 0 unspecified atom stereocenters. The Morgan fingerprint density at radius 2 is 1.57 bits per heavy atom. The van der Waals surface area contributed by atoms with E-state index in [9.17, 15) is 14.4 Å². The molecule has 3 aromatic carbocycles. The zero-order valence-corrected chi connectivity index (χ0v) is 22.1. The minimum atomic E-state index is -0.447. The number of benzene rings is 3.